The molecule has 2 aromatic carbocycles. The van der Waals surface area contributed by atoms with Gasteiger partial charge in [0.2, 0.25) is 0 Å². The molecule has 0 aliphatic carbocycles. The number of amides is 2. The van der Waals surface area contributed by atoms with Crippen LogP contribution in [0, 0.1) is 0 Å². The Morgan fingerprint density at radius 3 is 2.52 bits per heavy atom. The normalized spacial score (nSPS) is 11.3. The molecule has 25 heavy (non-hydrogen) atoms. The summed E-state index contributed by atoms with van der Waals surface area (Å²) >= 11 is 0. The Hall–Kier alpha value is -2.95. The monoisotopic (exact) mass is 340 g/mol. The fourth-order valence-corrected chi connectivity index (χ4v) is 2.26. The minimum absolute atomic E-state index is 0.0985. The maximum Gasteiger partial charge on any atom is 0.319 e. The van der Waals surface area contributed by atoms with Gasteiger partial charge in [-0.3, -0.25) is 0 Å². The fourth-order valence-electron chi connectivity index (χ4n) is 2.26. The van der Waals surface area contributed by atoms with Gasteiger partial charge < -0.3 is 20.1 Å². The van der Waals surface area contributed by atoms with Crippen molar-refractivity contribution in [3.05, 3.63) is 66.2 Å². The van der Waals surface area contributed by atoms with Gasteiger partial charge in [0.1, 0.15) is 6.61 Å². The third-order valence-electron chi connectivity index (χ3n) is 3.54. The van der Waals surface area contributed by atoms with Crippen LogP contribution in [0.1, 0.15) is 25.5 Å². The second-order valence-electron chi connectivity index (χ2n) is 5.84. The maximum absolute atomic E-state index is 12.2. The van der Waals surface area contributed by atoms with Crippen LogP contribution in [-0.4, -0.2) is 19.7 Å². The van der Waals surface area contributed by atoms with Gasteiger partial charge in [-0.15, -0.1) is 0 Å². The number of nitrogens with one attached hydrogen (secondary N) is 2. The van der Waals surface area contributed by atoms with Crippen LogP contribution >= 0.6 is 0 Å². The van der Waals surface area contributed by atoms with Crippen LogP contribution in [0.3, 0.4) is 0 Å². The summed E-state index contributed by atoms with van der Waals surface area (Å²) in [6.07, 6.45) is 0. The number of benzene rings is 2. The smallest absolute Gasteiger partial charge is 0.319 e. The molecule has 0 radical (unpaired) electrons. The van der Waals surface area contributed by atoms with Gasteiger partial charge in [0.05, 0.1) is 13.2 Å². The Labute approximate surface area is 148 Å². The van der Waals surface area contributed by atoms with Crippen LogP contribution in [0.5, 0.6) is 11.5 Å². The van der Waals surface area contributed by atoms with Crippen molar-refractivity contribution < 1.29 is 14.3 Å². The molecule has 0 bridgehead atoms. The van der Waals surface area contributed by atoms with E-state index in [9.17, 15) is 4.79 Å². The van der Waals surface area contributed by atoms with Crippen LogP contribution in [-0.2, 0) is 0 Å². The third-order valence-corrected chi connectivity index (χ3v) is 3.54. The molecule has 132 valence electrons. The number of urea groups is 1. The lowest BCUT2D eigenvalue weighted by Crippen LogP contribution is -2.31. The minimum Gasteiger partial charge on any atom is -0.493 e. The molecule has 5 heteroatoms. The summed E-state index contributed by atoms with van der Waals surface area (Å²) in [5, 5.41) is 5.72. The van der Waals surface area contributed by atoms with E-state index in [2.05, 4.69) is 17.2 Å². The zero-order valence-electron chi connectivity index (χ0n) is 14.8. The molecule has 0 aliphatic rings. The first-order valence-corrected chi connectivity index (χ1v) is 8.07. The first kappa shape index (κ1) is 18.4. The Kier molecular flexibility index (Phi) is 6.46. The lowest BCUT2D eigenvalue weighted by atomic mass is 10.1. The minimum atomic E-state index is -0.285. The van der Waals surface area contributed by atoms with E-state index in [0.29, 0.717) is 23.8 Å². The average molecular weight is 340 g/mol. The number of hydrogen-bond donors (Lipinski definition) is 2. The van der Waals surface area contributed by atoms with Crippen molar-refractivity contribution in [2.45, 2.75) is 19.9 Å². The van der Waals surface area contributed by atoms with Crippen LogP contribution in [0.4, 0.5) is 10.5 Å². The third kappa shape index (κ3) is 5.57. The van der Waals surface area contributed by atoms with E-state index in [1.165, 1.54) is 0 Å². The molecule has 0 aromatic heterocycles. The predicted octanol–water partition coefficient (Wildman–Crippen LogP) is 4.53. The van der Waals surface area contributed by atoms with Crippen molar-refractivity contribution in [3.8, 4) is 11.5 Å². The van der Waals surface area contributed by atoms with Crippen LogP contribution in [0.25, 0.3) is 0 Å². The number of rotatable bonds is 7. The number of hydrogen-bond acceptors (Lipinski definition) is 3. The Balaban J connectivity index is 2.02. The fraction of sp³-hybridized carbons (Fsp3) is 0.250. The molecule has 0 saturated heterocycles. The van der Waals surface area contributed by atoms with Crippen molar-refractivity contribution in [1.29, 1.82) is 0 Å². The largest absolute Gasteiger partial charge is 0.493 e. The van der Waals surface area contributed by atoms with Gasteiger partial charge in [0.15, 0.2) is 11.5 Å². The number of methoxy groups -OCH3 is 1. The first-order valence-electron chi connectivity index (χ1n) is 8.07. The number of carbonyl (C=O) groups excluding carboxylic acids is 1. The summed E-state index contributed by atoms with van der Waals surface area (Å²) in [6.45, 7) is 8.02. The van der Waals surface area contributed by atoms with Crippen LogP contribution < -0.4 is 20.1 Å². The van der Waals surface area contributed by atoms with Crippen molar-refractivity contribution in [2.75, 3.05) is 19.0 Å². The molecule has 2 amide bonds. The van der Waals surface area contributed by atoms with Crippen molar-refractivity contribution in [3.63, 3.8) is 0 Å². The summed E-state index contributed by atoms with van der Waals surface area (Å²) < 4.78 is 10.9. The van der Waals surface area contributed by atoms with Crippen molar-refractivity contribution in [2.24, 2.45) is 0 Å². The standard InChI is InChI=1S/C20H24N2O3/c1-14(2)13-25-19-12-17(10-11-18(19)24-4)22-20(23)21-15(3)16-8-6-5-7-9-16/h5-12,15H,1,13H2,2-4H3,(H2,21,22,23)/t15-/m0/s1. The molecule has 0 unspecified atom stereocenters. The number of anilines is 1. The van der Waals surface area contributed by atoms with E-state index in [-0.39, 0.29) is 12.1 Å². The van der Waals surface area contributed by atoms with E-state index in [4.69, 9.17) is 9.47 Å². The highest BCUT2D eigenvalue weighted by molar-refractivity contribution is 5.89. The SMILES string of the molecule is C=C(C)COc1cc(NC(=O)N[C@@H](C)c2ccccc2)ccc1OC. The van der Waals surface area contributed by atoms with Crippen molar-refractivity contribution >= 4 is 11.7 Å². The molecule has 2 rings (SSSR count). The van der Waals surface area contributed by atoms with E-state index >= 15 is 0 Å². The van der Waals surface area contributed by atoms with Gasteiger partial charge in [-0.1, -0.05) is 36.9 Å². The summed E-state index contributed by atoms with van der Waals surface area (Å²) in [7, 11) is 1.57. The second kappa shape index (κ2) is 8.78. The Bertz CT molecular complexity index is 729. The molecule has 5 nitrogen and oxygen atoms in total. The van der Waals surface area contributed by atoms with Crippen LogP contribution in [0.2, 0.25) is 0 Å². The van der Waals surface area contributed by atoms with Gasteiger partial charge in [-0.25, -0.2) is 4.79 Å². The molecule has 0 aliphatic heterocycles. The van der Waals surface area contributed by atoms with Crippen LogP contribution in [0.15, 0.2) is 60.7 Å². The van der Waals surface area contributed by atoms with E-state index in [1.807, 2.05) is 44.2 Å². The highest BCUT2D eigenvalue weighted by Gasteiger charge is 2.11. The van der Waals surface area contributed by atoms with Gasteiger partial charge in [-0.2, -0.15) is 0 Å². The van der Waals surface area contributed by atoms with Gasteiger partial charge in [-0.05, 0) is 37.1 Å². The molecular formula is C20H24N2O3. The number of ether oxygens (including phenoxy) is 2. The zero-order valence-corrected chi connectivity index (χ0v) is 14.8. The molecule has 0 fully saturated rings. The Morgan fingerprint density at radius 1 is 1.16 bits per heavy atom. The number of carbonyl (C=O) groups is 1. The summed E-state index contributed by atoms with van der Waals surface area (Å²) in [6, 6.07) is 14.6. The highest BCUT2D eigenvalue weighted by Crippen LogP contribution is 2.30. The average Bonchev–Trinajstić information content (AvgIpc) is 2.60. The zero-order chi connectivity index (χ0) is 18.2. The molecular weight excluding hydrogens is 316 g/mol. The lowest BCUT2D eigenvalue weighted by molar-refractivity contribution is 0.249. The van der Waals surface area contributed by atoms with Gasteiger partial charge in [0, 0.05) is 11.8 Å². The Morgan fingerprint density at radius 2 is 1.88 bits per heavy atom. The molecule has 0 spiro atoms. The topological polar surface area (TPSA) is 59.6 Å². The maximum atomic E-state index is 12.2. The predicted molar refractivity (Wildman–Crippen MR) is 100 cm³/mol. The summed E-state index contributed by atoms with van der Waals surface area (Å²) in [5.41, 5.74) is 2.56. The van der Waals surface area contributed by atoms with Gasteiger partial charge in [0.25, 0.3) is 0 Å². The second-order valence-corrected chi connectivity index (χ2v) is 5.84. The van der Waals surface area contributed by atoms with E-state index in [1.54, 1.807) is 25.3 Å². The highest BCUT2D eigenvalue weighted by atomic mass is 16.5. The van der Waals surface area contributed by atoms with E-state index < -0.39 is 0 Å². The van der Waals surface area contributed by atoms with E-state index in [0.717, 1.165) is 11.1 Å². The molecule has 0 saturated carbocycles. The lowest BCUT2D eigenvalue weighted by Gasteiger charge is -2.16. The van der Waals surface area contributed by atoms with Crippen molar-refractivity contribution in [1.82, 2.24) is 5.32 Å². The molecule has 2 aromatic rings. The molecule has 1 atom stereocenters. The quantitative estimate of drug-likeness (QED) is 0.728. The first-order chi connectivity index (χ1) is 12.0. The van der Waals surface area contributed by atoms with Gasteiger partial charge >= 0.3 is 6.03 Å². The summed E-state index contributed by atoms with van der Waals surface area (Å²) in [4.78, 5) is 12.2. The summed E-state index contributed by atoms with van der Waals surface area (Å²) in [5.74, 6) is 1.16. The molecule has 0 heterocycles. The molecule has 2 N–H and O–H groups in total.